The van der Waals surface area contributed by atoms with Crippen molar-refractivity contribution in [2.75, 3.05) is 27.2 Å². The number of carboxylic acid groups (broad SMARTS) is 1. The van der Waals surface area contributed by atoms with Gasteiger partial charge >= 0.3 is 12.2 Å². The smallest absolute Gasteiger partial charge is 0.407 e. The highest BCUT2D eigenvalue weighted by molar-refractivity contribution is 5.87. The van der Waals surface area contributed by atoms with E-state index >= 15 is 0 Å². The zero-order valence-corrected chi connectivity index (χ0v) is 32.2. The molecule has 4 heterocycles. The third-order valence-electron chi connectivity index (χ3n) is 11.3. The molecule has 290 valence electrons. The summed E-state index contributed by atoms with van der Waals surface area (Å²) in [5.41, 5.74) is 5.37. The number of aromatic nitrogens is 4. The molecule has 0 bridgehead atoms. The van der Waals surface area contributed by atoms with Gasteiger partial charge in [-0.2, -0.15) is 0 Å². The molecule has 4 amide bonds. The number of likely N-dealkylation sites (tertiary alicyclic amines) is 2. The fraction of sp³-hybridized carbons (Fsp3) is 0.550. The van der Waals surface area contributed by atoms with Crippen LogP contribution in [0.1, 0.15) is 114 Å². The van der Waals surface area contributed by atoms with Gasteiger partial charge in [-0.25, -0.2) is 19.6 Å². The fourth-order valence-electron chi connectivity index (χ4n) is 8.33. The van der Waals surface area contributed by atoms with Crippen molar-refractivity contribution in [3.63, 3.8) is 0 Å². The highest BCUT2D eigenvalue weighted by Crippen LogP contribution is 2.38. The van der Waals surface area contributed by atoms with Crippen molar-refractivity contribution in [2.24, 2.45) is 11.8 Å². The van der Waals surface area contributed by atoms with Crippen LogP contribution in [-0.2, 0) is 14.3 Å². The molecule has 3 aliphatic rings. The molecule has 5 atom stereocenters. The number of nitrogens with one attached hydrogen (secondary N) is 3. The predicted molar refractivity (Wildman–Crippen MR) is 203 cm³/mol. The Hall–Kier alpha value is -5.14. The highest BCUT2D eigenvalue weighted by atomic mass is 16.5. The highest BCUT2D eigenvalue weighted by Gasteiger charge is 2.40. The number of amides is 4. The van der Waals surface area contributed by atoms with E-state index in [0.717, 1.165) is 78.4 Å². The van der Waals surface area contributed by atoms with Gasteiger partial charge in [-0.1, -0.05) is 58.0 Å². The second-order valence-electron chi connectivity index (χ2n) is 15.5. The Morgan fingerprint density at radius 3 is 2.00 bits per heavy atom. The average molecular weight is 743 g/mol. The van der Waals surface area contributed by atoms with E-state index in [-0.39, 0.29) is 35.7 Å². The summed E-state index contributed by atoms with van der Waals surface area (Å²) in [4.78, 5) is 71.9. The van der Waals surface area contributed by atoms with Crippen molar-refractivity contribution in [1.29, 1.82) is 0 Å². The lowest BCUT2D eigenvalue weighted by atomic mass is 9.83. The van der Waals surface area contributed by atoms with Crippen LogP contribution in [0.4, 0.5) is 9.59 Å². The van der Waals surface area contributed by atoms with E-state index in [1.54, 1.807) is 4.90 Å². The SMILES string of the molecule is COC(=O)N[C@H](C(=O)N1CCCC1c1ncc(-c2ccc(C3CC=C(c4cnc([C@@H]5CCCN5C(=O)[C@H](C(C)C)N(C)C(=O)O)[nH]4)CC3)cc2)[nH]1)C(C)C. The lowest BCUT2D eigenvalue weighted by Gasteiger charge is -2.33. The van der Waals surface area contributed by atoms with Crippen LogP contribution in [-0.4, -0.2) is 103 Å². The van der Waals surface area contributed by atoms with E-state index in [1.165, 1.54) is 25.3 Å². The number of aromatic amines is 2. The Kier molecular flexibility index (Phi) is 11.8. The van der Waals surface area contributed by atoms with Gasteiger partial charge in [0.1, 0.15) is 23.7 Å². The predicted octanol–water partition coefficient (Wildman–Crippen LogP) is 6.49. The molecule has 0 saturated carbocycles. The van der Waals surface area contributed by atoms with E-state index < -0.39 is 24.3 Å². The molecule has 3 aromatic rings. The topological polar surface area (TPSA) is 177 Å². The number of hydrogen-bond acceptors (Lipinski definition) is 7. The largest absolute Gasteiger partial charge is 0.465 e. The first-order valence-electron chi connectivity index (χ1n) is 19.2. The summed E-state index contributed by atoms with van der Waals surface area (Å²) in [6, 6.07) is 6.78. The Morgan fingerprint density at radius 1 is 0.870 bits per heavy atom. The maximum Gasteiger partial charge on any atom is 0.407 e. The van der Waals surface area contributed by atoms with Crippen LogP contribution in [0, 0.1) is 11.8 Å². The molecule has 2 unspecified atom stereocenters. The van der Waals surface area contributed by atoms with Crippen molar-refractivity contribution in [3.05, 3.63) is 65.6 Å². The summed E-state index contributed by atoms with van der Waals surface area (Å²) in [5, 5.41) is 12.3. The van der Waals surface area contributed by atoms with Gasteiger partial charge in [0.25, 0.3) is 0 Å². The number of hydrogen-bond donors (Lipinski definition) is 4. The molecule has 4 N–H and O–H groups in total. The van der Waals surface area contributed by atoms with Gasteiger partial charge in [0.2, 0.25) is 11.8 Å². The maximum atomic E-state index is 13.6. The van der Waals surface area contributed by atoms with Crippen LogP contribution in [0.3, 0.4) is 0 Å². The second-order valence-corrected chi connectivity index (χ2v) is 15.5. The summed E-state index contributed by atoms with van der Waals surface area (Å²) in [6.45, 7) is 8.74. The lowest BCUT2D eigenvalue weighted by Crippen LogP contribution is -2.51. The monoisotopic (exact) mass is 742 g/mol. The van der Waals surface area contributed by atoms with Crippen LogP contribution in [0.5, 0.6) is 0 Å². The van der Waals surface area contributed by atoms with E-state index in [0.29, 0.717) is 19.0 Å². The molecular weight excluding hydrogens is 688 g/mol. The second kappa shape index (κ2) is 16.5. The molecule has 14 nitrogen and oxygen atoms in total. The first-order valence-corrected chi connectivity index (χ1v) is 19.2. The molecule has 54 heavy (non-hydrogen) atoms. The van der Waals surface area contributed by atoms with E-state index in [9.17, 15) is 24.3 Å². The minimum Gasteiger partial charge on any atom is -0.465 e. The van der Waals surface area contributed by atoms with E-state index in [1.807, 2.05) is 45.0 Å². The number of nitrogens with zero attached hydrogens (tertiary/aromatic N) is 5. The summed E-state index contributed by atoms with van der Waals surface area (Å²) >= 11 is 0. The van der Waals surface area contributed by atoms with Gasteiger partial charge in [0, 0.05) is 20.1 Å². The fourth-order valence-corrected chi connectivity index (χ4v) is 8.33. The van der Waals surface area contributed by atoms with Gasteiger partial charge in [0.05, 0.1) is 43.0 Å². The van der Waals surface area contributed by atoms with Crippen molar-refractivity contribution >= 4 is 29.6 Å². The van der Waals surface area contributed by atoms with Crippen molar-refractivity contribution in [1.82, 2.24) is 40.0 Å². The minimum atomic E-state index is -1.11. The third kappa shape index (κ3) is 8.02. The van der Waals surface area contributed by atoms with Crippen LogP contribution < -0.4 is 5.32 Å². The molecule has 6 rings (SSSR count). The van der Waals surface area contributed by atoms with Crippen molar-refractivity contribution < 1.29 is 29.0 Å². The van der Waals surface area contributed by atoms with E-state index in [2.05, 4.69) is 50.6 Å². The molecule has 2 saturated heterocycles. The lowest BCUT2D eigenvalue weighted by molar-refractivity contribution is -0.138. The molecule has 1 aromatic carbocycles. The number of methoxy groups -OCH3 is 1. The average Bonchev–Trinajstić information content (AvgIpc) is 4.00. The maximum absolute atomic E-state index is 13.6. The number of ether oxygens (including phenoxy) is 1. The number of carbonyl (C=O) groups is 4. The number of alkyl carbamates (subject to hydrolysis) is 1. The molecule has 0 radical (unpaired) electrons. The van der Waals surface area contributed by atoms with Crippen LogP contribution in [0.25, 0.3) is 16.8 Å². The molecular formula is C40H54N8O6. The van der Waals surface area contributed by atoms with Crippen LogP contribution >= 0.6 is 0 Å². The number of rotatable bonds is 11. The zero-order chi connectivity index (χ0) is 38.7. The minimum absolute atomic E-state index is 0.0978. The van der Waals surface area contributed by atoms with Crippen LogP contribution in [0.15, 0.2) is 42.7 Å². The number of imidazole rings is 2. The Labute approximate surface area is 316 Å². The van der Waals surface area contributed by atoms with Gasteiger partial charge in [-0.05, 0) is 79.4 Å². The summed E-state index contributed by atoms with van der Waals surface area (Å²) in [5.74, 6) is 1.32. The number of allylic oxidation sites excluding steroid dienone is 2. The van der Waals surface area contributed by atoms with Crippen LogP contribution in [0.2, 0.25) is 0 Å². The Bertz CT molecular complexity index is 1850. The molecule has 1 aliphatic carbocycles. The van der Waals surface area contributed by atoms with Gasteiger partial charge in [-0.3, -0.25) is 14.5 Å². The Morgan fingerprint density at radius 2 is 1.46 bits per heavy atom. The normalized spacial score (nSPS) is 21.3. The molecule has 2 fully saturated rings. The molecule has 2 aromatic heterocycles. The molecule has 2 aliphatic heterocycles. The quantitative estimate of drug-likeness (QED) is 0.172. The Balaban J connectivity index is 1.08. The van der Waals surface area contributed by atoms with Gasteiger partial charge in [-0.15, -0.1) is 0 Å². The first kappa shape index (κ1) is 38.6. The first-order chi connectivity index (χ1) is 25.9. The number of benzene rings is 1. The summed E-state index contributed by atoms with van der Waals surface area (Å²) in [6.07, 6.45) is 10.3. The number of likely N-dealkylation sites (N-methyl/N-ethyl adjacent to an activating group) is 1. The molecule has 14 heteroatoms. The number of H-pyrrole nitrogens is 2. The summed E-state index contributed by atoms with van der Waals surface area (Å²) < 4.78 is 4.76. The van der Waals surface area contributed by atoms with Gasteiger partial charge < -0.3 is 34.9 Å². The standard InChI is InChI=1S/C40H54N8O6/c1-23(2)33(45-39(51)54-6)37(49)47-19-7-9-31(47)35-41-21-29(43-35)27-15-11-25(12-16-27)26-13-17-28(18-14-26)30-22-42-36(44-30)32-10-8-20-48(32)38(50)34(24(3)4)46(5)40(52)53/h11-12,15-17,21-24,26,31-34H,7-10,13-14,18-20H2,1-6H3,(H,41,43)(H,42,44)(H,45,51)(H,52,53)/t26?,31?,32-,33-,34-/m0/s1. The zero-order valence-electron chi connectivity index (χ0n) is 32.2. The summed E-state index contributed by atoms with van der Waals surface area (Å²) in [7, 11) is 2.75. The van der Waals surface area contributed by atoms with Crippen molar-refractivity contribution in [2.45, 2.75) is 103 Å². The number of carbonyl (C=O) groups excluding carboxylic acids is 3. The molecule has 0 spiro atoms. The van der Waals surface area contributed by atoms with Crippen molar-refractivity contribution in [3.8, 4) is 11.3 Å². The van der Waals surface area contributed by atoms with Gasteiger partial charge in [0.15, 0.2) is 0 Å². The third-order valence-corrected chi connectivity index (χ3v) is 11.3. The van der Waals surface area contributed by atoms with E-state index in [4.69, 9.17) is 9.72 Å².